The highest BCUT2D eigenvalue weighted by atomic mass is 16.7. The molecule has 1 aromatic carbocycles. The topological polar surface area (TPSA) is 132 Å². The molecule has 5 atom stereocenters. The van der Waals surface area contributed by atoms with Gasteiger partial charge in [0.25, 0.3) is 0 Å². The number of methoxy groups -OCH3 is 1. The van der Waals surface area contributed by atoms with Crippen molar-refractivity contribution in [2.24, 2.45) is 22.7 Å². The Morgan fingerprint density at radius 2 is 1.91 bits per heavy atom. The molecule has 1 N–H and O–H groups in total. The molecule has 32 heavy (non-hydrogen) atoms. The molecule has 1 saturated carbocycles. The van der Waals surface area contributed by atoms with Crippen LogP contribution < -0.4 is 9.47 Å². The van der Waals surface area contributed by atoms with Gasteiger partial charge in [0.2, 0.25) is 17.1 Å². The summed E-state index contributed by atoms with van der Waals surface area (Å²) >= 11 is 0. The first-order chi connectivity index (χ1) is 15.4. The van der Waals surface area contributed by atoms with Crippen molar-refractivity contribution in [2.75, 3.05) is 13.7 Å². The van der Waals surface area contributed by atoms with E-state index in [0.717, 1.165) is 12.8 Å². The van der Waals surface area contributed by atoms with Gasteiger partial charge in [-0.2, -0.15) is 15.8 Å². The van der Waals surface area contributed by atoms with Gasteiger partial charge in [-0.05, 0) is 43.4 Å². The molecule has 2 heterocycles. The summed E-state index contributed by atoms with van der Waals surface area (Å²) in [5.41, 5.74) is -3.18. The Bertz CT molecular complexity index is 1050. The number of nitrogens with zero attached hydrogens (tertiary/aromatic N) is 3. The van der Waals surface area contributed by atoms with Crippen molar-refractivity contribution in [3.05, 3.63) is 23.8 Å². The van der Waals surface area contributed by atoms with Crippen molar-refractivity contribution in [2.45, 2.75) is 51.4 Å². The summed E-state index contributed by atoms with van der Waals surface area (Å²) in [7, 11) is 1.51. The molecule has 2 aliphatic heterocycles. The molecule has 0 aromatic heterocycles. The van der Waals surface area contributed by atoms with Crippen molar-refractivity contribution in [3.63, 3.8) is 0 Å². The van der Waals surface area contributed by atoms with E-state index in [-0.39, 0.29) is 5.90 Å². The number of nitriles is 3. The van der Waals surface area contributed by atoms with Crippen LogP contribution in [0.1, 0.15) is 51.2 Å². The van der Waals surface area contributed by atoms with Gasteiger partial charge in [-0.15, -0.1) is 0 Å². The molecule has 8 heteroatoms. The van der Waals surface area contributed by atoms with Crippen molar-refractivity contribution < 1.29 is 18.9 Å². The summed E-state index contributed by atoms with van der Waals surface area (Å²) < 4.78 is 23.5. The van der Waals surface area contributed by atoms with Gasteiger partial charge in [0.1, 0.15) is 6.10 Å². The molecule has 1 aliphatic carbocycles. The van der Waals surface area contributed by atoms with Crippen LogP contribution >= 0.6 is 0 Å². The highest BCUT2D eigenvalue weighted by Crippen LogP contribution is 2.70. The summed E-state index contributed by atoms with van der Waals surface area (Å²) in [5.74, 6) is -0.837. The molecular formula is C24H26N4O4. The van der Waals surface area contributed by atoms with Gasteiger partial charge in [-0.3, -0.25) is 5.41 Å². The minimum absolute atomic E-state index is 0.316. The molecule has 0 radical (unpaired) electrons. The number of benzene rings is 1. The third kappa shape index (κ3) is 2.58. The first-order valence-corrected chi connectivity index (χ1v) is 10.9. The number of nitrogens with one attached hydrogen (secondary N) is 1. The number of ether oxygens (including phenoxy) is 4. The average molecular weight is 434 g/mol. The Morgan fingerprint density at radius 1 is 1.16 bits per heavy atom. The van der Waals surface area contributed by atoms with Gasteiger partial charge in [-0.1, -0.05) is 19.4 Å². The van der Waals surface area contributed by atoms with E-state index in [0.29, 0.717) is 42.4 Å². The predicted octanol–water partition coefficient (Wildman–Crippen LogP) is 4.24. The molecule has 1 aromatic rings. The lowest BCUT2D eigenvalue weighted by atomic mass is 9.50. The van der Waals surface area contributed by atoms with Crippen LogP contribution in [-0.4, -0.2) is 25.4 Å². The van der Waals surface area contributed by atoms with Crippen molar-refractivity contribution in [1.29, 1.82) is 21.2 Å². The molecule has 8 nitrogen and oxygen atoms in total. The first-order valence-electron chi connectivity index (χ1n) is 10.9. The van der Waals surface area contributed by atoms with E-state index in [4.69, 9.17) is 24.4 Å². The van der Waals surface area contributed by atoms with Crippen LogP contribution in [0.15, 0.2) is 18.2 Å². The zero-order valence-electron chi connectivity index (χ0n) is 18.5. The monoisotopic (exact) mass is 434 g/mol. The third-order valence-electron chi connectivity index (χ3n) is 7.39. The molecule has 0 amide bonds. The molecule has 2 saturated heterocycles. The van der Waals surface area contributed by atoms with E-state index in [1.807, 2.05) is 6.92 Å². The van der Waals surface area contributed by atoms with Crippen LogP contribution in [0.3, 0.4) is 0 Å². The largest absolute Gasteiger partial charge is 0.493 e. The Hall–Kier alpha value is -3.28. The summed E-state index contributed by atoms with van der Waals surface area (Å²) in [5, 5.41) is 39.8. The second-order valence-corrected chi connectivity index (χ2v) is 8.64. The SMILES string of the molecule is CCOc1ccc(C2OC34CCC(CC)CC3C(C#N)(C(=N)O4)C2(C#N)C#N)cc1OC. The van der Waals surface area contributed by atoms with Crippen LogP contribution in [-0.2, 0) is 9.47 Å². The van der Waals surface area contributed by atoms with Crippen molar-refractivity contribution in [1.82, 2.24) is 0 Å². The van der Waals surface area contributed by atoms with Gasteiger partial charge < -0.3 is 18.9 Å². The molecule has 5 unspecified atom stereocenters. The van der Waals surface area contributed by atoms with Crippen LogP contribution in [0.2, 0.25) is 0 Å². The van der Waals surface area contributed by atoms with E-state index in [1.54, 1.807) is 18.2 Å². The molecule has 3 aliphatic rings. The van der Waals surface area contributed by atoms with E-state index >= 15 is 0 Å². The first kappa shape index (κ1) is 21.9. The Balaban J connectivity index is 1.92. The number of rotatable bonds is 5. The van der Waals surface area contributed by atoms with E-state index in [1.165, 1.54) is 7.11 Å². The minimum Gasteiger partial charge on any atom is -0.493 e. The normalized spacial score (nSPS) is 34.2. The highest BCUT2D eigenvalue weighted by Gasteiger charge is 2.80. The second kappa shape index (κ2) is 7.69. The Morgan fingerprint density at radius 3 is 2.50 bits per heavy atom. The zero-order valence-corrected chi connectivity index (χ0v) is 18.5. The standard InChI is InChI=1S/C24H26N4O4/c1-4-15-8-9-24-19(10-15)23(14-27,21(28)32-24)22(12-25,13-26)20(31-24)16-6-7-17(30-5-2)18(11-16)29-3/h6-7,11,15,19-20,28H,4-5,8-10H2,1-3H3. The second-order valence-electron chi connectivity index (χ2n) is 8.64. The molecule has 2 bridgehead atoms. The molecule has 0 spiro atoms. The summed E-state index contributed by atoms with van der Waals surface area (Å²) in [4.78, 5) is 0. The Kier molecular flexibility index (Phi) is 5.27. The van der Waals surface area contributed by atoms with E-state index in [2.05, 4.69) is 25.1 Å². The predicted molar refractivity (Wildman–Crippen MR) is 112 cm³/mol. The quantitative estimate of drug-likeness (QED) is 0.733. The maximum Gasteiger partial charge on any atom is 0.217 e. The Labute approximate surface area is 187 Å². The fraction of sp³-hybridized carbons (Fsp3) is 0.583. The molecular weight excluding hydrogens is 408 g/mol. The average Bonchev–Trinajstić information content (AvgIpc) is 3.02. The van der Waals surface area contributed by atoms with Crippen LogP contribution in [0.4, 0.5) is 0 Å². The van der Waals surface area contributed by atoms with Gasteiger partial charge in [0.05, 0.1) is 37.8 Å². The van der Waals surface area contributed by atoms with Gasteiger partial charge in [0, 0.05) is 6.42 Å². The van der Waals surface area contributed by atoms with Crippen LogP contribution in [0.25, 0.3) is 0 Å². The lowest BCUT2D eigenvalue weighted by Crippen LogP contribution is -2.61. The number of hydrogen-bond donors (Lipinski definition) is 1. The zero-order chi connectivity index (χ0) is 23.1. The third-order valence-corrected chi connectivity index (χ3v) is 7.39. The minimum atomic E-state index is -1.96. The molecule has 166 valence electrons. The van der Waals surface area contributed by atoms with Gasteiger partial charge >= 0.3 is 0 Å². The summed E-state index contributed by atoms with van der Waals surface area (Å²) in [6.45, 7) is 4.38. The maximum absolute atomic E-state index is 10.4. The fourth-order valence-electron chi connectivity index (χ4n) is 5.71. The van der Waals surface area contributed by atoms with E-state index < -0.39 is 28.6 Å². The van der Waals surface area contributed by atoms with Crippen LogP contribution in [0.5, 0.6) is 11.5 Å². The van der Waals surface area contributed by atoms with E-state index in [9.17, 15) is 15.8 Å². The maximum atomic E-state index is 10.4. The summed E-state index contributed by atoms with van der Waals surface area (Å²) in [6.07, 6.45) is 1.70. The highest BCUT2D eigenvalue weighted by molar-refractivity contribution is 5.89. The lowest BCUT2D eigenvalue weighted by molar-refractivity contribution is -0.299. The fourth-order valence-corrected chi connectivity index (χ4v) is 5.71. The van der Waals surface area contributed by atoms with Crippen LogP contribution in [0, 0.1) is 62.1 Å². The van der Waals surface area contributed by atoms with Crippen molar-refractivity contribution >= 4 is 5.90 Å². The molecule has 3 fully saturated rings. The number of hydrogen-bond acceptors (Lipinski definition) is 8. The van der Waals surface area contributed by atoms with Gasteiger partial charge in [-0.25, -0.2) is 0 Å². The summed E-state index contributed by atoms with van der Waals surface area (Å²) in [6, 6.07) is 11.5. The lowest BCUT2D eigenvalue weighted by Gasteiger charge is -2.52. The van der Waals surface area contributed by atoms with Gasteiger partial charge in [0.15, 0.2) is 16.9 Å². The smallest absolute Gasteiger partial charge is 0.217 e. The molecule has 4 rings (SSSR count). The van der Waals surface area contributed by atoms with Crippen molar-refractivity contribution in [3.8, 4) is 29.7 Å².